The van der Waals surface area contributed by atoms with Gasteiger partial charge < -0.3 is 20.4 Å². The summed E-state index contributed by atoms with van der Waals surface area (Å²) in [4.78, 5) is 0. The van der Waals surface area contributed by atoms with Crippen LogP contribution in [-0.2, 0) is 0 Å². The first kappa shape index (κ1) is 24.3. The Labute approximate surface area is 177 Å². The van der Waals surface area contributed by atoms with E-state index in [4.69, 9.17) is 0 Å². The third-order valence-corrected chi connectivity index (χ3v) is 7.60. The van der Waals surface area contributed by atoms with Crippen molar-refractivity contribution >= 4 is 0 Å². The molecule has 0 amide bonds. The molecule has 0 saturated heterocycles. The molecule has 7 atom stereocenters. The monoisotopic (exact) mass is 406 g/mol. The fourth-order valence-corrected chi connectivity index (χ4v) is 5.24. The summed E-state index contributed by atoms with van der Waals surface area (Å²) in [6.07, 6.45) is 9.38. The number of aliphatic hydroxyl groups excluding tert-OH is 4. The maximum absolute atomic E-state index is 11.0. The maximum atomic E-state index is 11.0. The molecule has 4 heteroatoms. The highest BCUT2D eigenvalue weighted by atomic mass is 16.3. The molecule has 2 aliphatic carbocycles. The van der Waals surface area contributed by atoms with Crippen LogP contribution in [0.3, 0.4) is 0 Å². The third kappa shape index (κ3) is 5.61. The number of hydrogen-bond donors (Lipinski definition) is 4. The minimum atomic E-state index is -0.844. The predicted octanol–water partition coefficient (Wildman–Crippen LogP) is 4.14. The number of fused-ring (bicyclic) bond motifs is 1. The van der Waals surface area contributed by atoms with Crippen molar-refractivity contribution in [2.75, 3.05) is 6.61 Å². The van der Waals surface area contributed by atoms with Gasteiger partial charge in [0.15, 0.2) is 0 Å². The van der Waals surface area contributed by atoms with Crippen molar-refractivity contribution in [3.8, 4) is 0 Å². The molecule has 1 fully saturated rings. The number of hydrogen-bond acceptors (Lipinski definition) is 4. The minimum Gasteiger partial charge on any atom is -0.396 e. The zero-order chi connectivity index (χ0) is 21.8. The third-order valence-electron chi connectivity index (χ3n) is 7.60. The van der Waals surface area contributed by atoms with Crippen molar-refractivity contribution in [2.24, 2.45) is 23.2 Å². The Balaban J connectivity index is 2.42. The first-order valence-electron chi connectivity index (χ1n) is 11.2. The molecule has 0 bridgehead atoms. The second kappa shape index (κ2) is 10.4. The zero-order valence-electron chi connectivity index (χ0n) is 18.9. The fraction of sp³-hybridized carbons (Fsp3) is 0.760. The van der Waals surface area contributed by atoms with E-state index in [9.17, 15) is 20.4 Å². The Morgan fingerprint density at radius 2 is 1.69 bits per heavy atom. The summed E-state index contributed by atoms with van der Waals surface area (Å²) >= 11 is 0. The smallest absolute Gasteiger partial charge is 0.0861 e. The summed E-state index contributed by atoms with van der Waals surface area (Å²) in [7, 11) is 0. The lowest BCUT2D eigenvalue weighted by Crippen LogP contribution is -2.36. The molecule has 0 aromatic rings. The molecule has 2 aliphatic rings. The molecule has 0 radical (unpaired) electrons. The van der Waals surface area contributed by atoms with Gasteiger partial charge in [0.25, 0.3) is 0 Å². The second-order valence-electron chi connectivity index (χ2n) is 9.87. The summed E-state index contributed by atoms with van der Waals surface area (Å²) in [5.74, 6) is -0.232. The SMILES string of the molecule is CC1=CC[C@]2(C)[C@H](O)[C@H](O)[C@@H]([C@H](C)CO)[C@H]2CC=C(C)[C@@H](O)CCC(C)=CCC1. The van der Waals surface area contributed by atoms with Gasteiger partial charge in [0, 0.05) is 12.0 Å². The molecule has 4 N–H and O–H groups in total. The Bertz CT molecular complexity index is 635. The second-order valence-corrected chi connectivity index (χ2v) is 9.87. The lowest BCUT2D eigenvalue weighted by molar-refractivity contribution is -0.0312. The Hall–Kier alpha value is -0.940. The summed E-state index contributed by atoms with van der Waals surface area (Å²) in [6.45, 7) is 10.2. The van der Waals surface area contributed by atoms with Crippen LogP contribution in [0, 0.1) is 23.2 Å². The molecule has 0 heterocycles. The molecule has 1 saturated carbocycles. The van der Waals surface area contributed by atoms with Crippen molar-refractivity contribution < 1.29 is 20.4 Å². The van der Waals surface area contributed by atoms with Crippen molar-refractivity contribution in [1.29, 1.82) is 0 Å². The van der Waals surface area contributed by atoms with Gasteiger partial charge >= 0.3 is 0 Å². The van der Waals surface area contributed by atoms with Gasteiger partial charge in [-0.25, -0.2) is 0 Å². The average molecular weight is 407 g/mol. The zero-order valence-corrected chi connectivity index (χ0v) is 18.9. The van der Waals surface area contributed by atoms with Crippen LogP contribution in [0.25, 0.3) is 0 Å². The van der Waals surface area contributed by atoms with E-state index in [1.165, 1.54) is 11.1 Å². The van der Waals surface area contributed by atoms with Crippen LogP contribution in [0.15, 0.2) is 34.9 Å². The molecule has 0 aromatic carbocycles. The van der Waals surface area contributed by atoms with E-state index in [1.807, 2.05) is 13.8 Å². The van der Waals surface area contributed by atoms with Gasteiger partial charge in [0.05, 0.1) is 18.3 Å². The normalized spacial score (nSPS) is 38.8. The maximum Gasteiger partial charge on any atom is 0.0861 e. The fourth-order valence-electron chi connectivity index (χ4n) is 5.24. The molecule has 0 unspecified atom stereocenters. The summed E-state index contributed by atoms with van der Waals surface area (Å²) < 4.78 is 0. The first-order valence-corrected chi connectivity index (χ1v) is 11.2. The van der Waals surface area contributed by atoms with Gasteiger partial charge in [-0.05, 0) is 82.6 Å². The quantitative estimate of drug-likeness (QED) is 0.520. The Morgan fingerprint density at radius 3 is 2.34 bits per heavy atom. The molecule has 0 aromatic heterocycles. The van der Waals surface area contributed by atoms with Crippen LogP contribution in [0.4, 0.5) is 0 Å². The molecule has 2 rings (SSSR count). The lowest BCUT2D eigenvalue weighted by Gasteiger charge is -2.36. The van der Waals surface area contributed by atoms with Crippen molar-refractivity contribution in [2.45, 2.75) is 91.5 Å². The molecule has 29 heavy (non-hydrogen) atoms. The summed E-state index contributed by atoms with van der Waals surface area (Å²) in [6, 6.07) is 0. The van der Waals surface area contributed by atoms with E-state index in [0.717, 1.165) is 24.8 Å². The average Bonchev–Trinajstić information content (AvgIpc) is 2.88. The topological polar surface area (TPSA) is 80.9 Å². The number of aliphatic hydroxyl groups is 4. The molecular formula is C25H42O4. The van der Waals surface area contributed by atoms with Gasteiger partial charge in [0.1, 0.15) is 0 Å². The van der Waals surface area contributed by atoms with E-state index in [0.29, 0.717) is 19.3 Å². The Morgan fingerprint density at radius 1 is 1.03 bits per heavy atom. The summed E-state index contributed by atoms with van der Waals surface area (Å²) in [5.41, 5.74) is 3.10. The van der Waals surface area contributed by atoms with E-state index in [2.05, 4.69) is 39.0 Å². The largest absolute Gasteiger partial charge is 0.396 e. The van der Waals surface area contributed by atoms with Gasteiger partial charge in [-0.1, -0.05) is 43.2 Å². The van der Waals surface area contributed by atoms with Crippen LogP contribution >= 0.6 is 0 Å². The lowest BCUT2D eigenvalue weighted by atomic mass is 9.69. The highest BCUT2D eigenvalue weighted by molar-refractivity contribution is 5.15. The number of allylic oxidation sites excluding steroid dienone is 5. The van der Waals surface area contributed by atoms with Crippen molar-refractivity contribution in [3.63, 3.8) is 0 Å². The van der Waals surface area contributed by atoms with E-state index in [1.54, 1.807) is 0 Å². The van der Waals surface area contributed by atoms with E-state index in [-0.39, 0.29) is 24.4 Å². The van der Waals surface area contributed by atoms with Crippen molar-refractivity contribution in [1.82, 2.24) is 0 Å². The predicted molar refractivity (Wildman–Crippen MR) is 118 cm³/mol. The molecule has 0 spiro atoms. The van der Waals surface area contributed by atoms with Gasteiger partial charge in [0.2, 0.25) is 0 Å². The summed E-state index contributed by atoms with van der Waals surface area (Å²) in [5, 5.41) is 42.3. The first-order chi connectivity index (χ1) is 13.6. The van der Waals surface area contributed by atoms with Crippen LogP contribution in [0.2, 0.25) is 0 Å². The van der Waals surface area contributed by atoms with Crippen molar-refractivity contribution in [3.05, 3.63) is 34.9 Å². The highest BCUT2D eigenvalue weighted by Crippen LogP contribution is 2.54. The highest BCUT2D eigenvalue weighted by Gasteiger charge is 2.56. The molecule has 166 valence electrons. The van der Waals surface area contributed by atoms with E-state index < -0.39 is 23.7 Å². The van der Waals surface area contributed by atoms with E-state index >= 15 is 0 Å². The Kier molecular flexibility index (Phi) is 8.72. The molecule has 0 aliphatic heterocycles. The minimum absolute atomic E-state index is 0.00778. The standard InChI is InChI=1S/C25H42O4/c1-16-7-6-8-17(2)13-14-25(5)20(11-10-18(3)21(27)12-9-16)22(19(4)15-26)23(28)24(25)29/h7,10,13,19-24,26-29H,6,8-9,11-12,14-15H2,1-5H3/t19-,20-,21+,22+,23-,24-,25+/m1/s1. The van der Waals surface area contributed by atoms with Crippen LogP contribution in [-0.4, -0.2) is 45.3 Å². The van der Waals surface area contributed by atoms with Crippen LogP contribution < -0.4 is 0 Å². The number of rotatable bonds is 2. The van der Waals surface area contributed by atoms with Gasteiger partial charge in [-0.15, -0.1) is 0 Å². The molecule has 4 nitrogen and oxygen atoms in total. The van der Waals surface area contributed by atoms with Gasteiger partial charge in [-0.2, -0.15) is 0 Å². The van der Waals surface area contributed by atoms with Crippen LogP contribution in [0.5, 0.6) is 0 Å². The van der Waals surface area contributed by atoms with Crippen LogP contribution in [0.1, 0.15) is 73.1 Å². The molecular weight excluding hydrogens is 364 g/mol. The van der Waals surface area contributed by atoms with Gasteiger partial charge in [-0.3, -0.25) is 0 Å².